The molecule has 1 aromatic rings. The van der Waals surface area contributed by atoms with E-state index in [1.807, 2.05) is 0 Å². The summed E-state index contributed by atoms with van der Waals surface area (Å²) in [5.74, 6) is -0.563. The zero-order chi connectivity index (χ0) is 11.1. The normalized spacial score (nSPS) is 17.3. The minimum Gasteiger partial charge on any atom is -0.326 e. The van der Waals surface area contributed by atoms with Crippen molar-refractivity contribution in [3.8, 4) is 0 Å². The Hall–Kier alpha value is -1.42. The van der Waals surface area contributed by atoms with E-state index in [0.29, 0.717) is 11.3 Å². The molecule has 0 bridgehead atoms. The highest BCUT2D eigenvalue weighted by molar-refractivity contribution is 5.89. The average Bonchev–Trinajstić information content (AvgIpc) is 2.83. The van der Waals surface area contributed by atoms with Gasteiger partial charge in [0.15, 0.2) is 0 Å². The van der Waals surface area contributed by atoms with E-state index in [1.165, 1.54) is 13.0 Å². The molecule has 0 radical (unpaired) electrons. The van der Waals surface area contributed by atoms with Crippen molar-refractivity contribution in [2.45, 2.75) is 25.3 Å². The summed E-state index contributed by atoms with van der Waals surface area (Å²) in [5.41, 5.74) is 6.29. The highest BCUT2D eigenvalue weighted by Crippen LogP contribution is 2.46. The smallest absolute Gasteiger partial charge is 0.221 e. The Labute approximate surface area is 87.5 Å². The predicted octanol–water partition coefficient (Wildman–Crippen LogP) is 1.73. The molecule has 3 N–H and O–H groups in total. The van der Waals surface area contributed by atoms with Crippen LogP contribution in [0.3, 0.4) is 0 Å². The minimum atomic E-state index is -0.580. The molecule has 0 heterocycles. The van der Waals surface area contributed by atoms with Gasteiger partial charge in [-0.1, -0.05) is 6.07 Å². The lowest BCUT2D eigenvalue weighted by Crippen LogP contribution is -2.23. The van der Waals surface area contributed by atoms with Gasteiger partial charge < -0.3 is 11.1 Å². The number of carbonyl (C=O) groups excluding carboxylic acids is 1. The standard InChI is InChI=1S/C11H13FN2O/c1-7(15)14-9-4-2-3-8(12)10(9)11(13)5-6-11/h2-4H,5-6,13H2,1H3,(H,14,15). The molecule has 0 aliphatic heterocycles. The number of carbonyl (C=O) groups is 1. The van der Waals surface area contributed by atoms with Crippen LogP contribution in [0.1, 0.15) is 25.3 Å². The van der Waals surface area contributed by atoms with Crippen LogP contribution in [0.4, 0.5) is 10.1 Å². The summed E-state index contributed by atoms with van der Waals surface area (Å²) < 4.78 is 13.6. The summed E-state index contributed by atoms with van der Waals surface area (Å²) in [6.07, 6.45) is 1.53. The quantitative estimate of drug-likeness (QED) is 0.777. The fourth-order valence-corrected chi connectivity index (χ4v) is 1.71. The first-order valence-electron chi connectivity index (χ1n) is 4.88. The third-order valence-corrected chi connectivity index (χ3v) is 2.61. The van der Waals surface area contributed by atoms with Crippen LogP contribution in [0, 0.1) is 5.82 Å². The van der Waals surface area contributed by atoms with Gasteiger partial charge in [0, 0.05) is 23.7 Å². The molecular weight excluding hydrogens is 195 g/mol. The number of amides is 1. The molecule has 1 aliphatic carbocycles. The predicted molar refractivity (Wildman–Crippen MR) is 55.8 cm³/mol. The second kappa shape index (κ2) is 3.31. The number of benzene rings is 1. The number of halogens is 1. The monoisotopic (exact) mass is 208 g/mol. The number of nitrogens with one attached hydrogen (secondary N) is 1. The third-order valence-electron chi connectivity index (χ3n) is 2.61. The molecule has 1 amide bonds. The van der Waals surface area contributed by atoms with Gasteiger partial charge in [0.05, 0.1) is 0 Å². The SMILES string of the molecule is CC(=O)Nc1cccc(F)c1C1(N)CC1. The van der Waals surface area contributed by atoms with Crippen LogP contribution in [0.25, 0.3) is 0 Å². The van der Waals surface area contributed by atoms with Crippen molar-refractivity contribution >= 4 is 11.6 Å². The van der Waals surface area contributed by atoms with Gasteiger partial charge in [0.25, 0.3) is 0 Å². The van der Waals surface area contributed by atoms with Crippen LogP contribution >= 0.6 is 0 Å². The zero-order valence-electron chi connectivity index (χ0n) is 8.51. The van der Waals surface area contributed by atoms with Crippen molar-refractivity contribution in [3.05, 3.63) is 29.6 Å². The van der Waals surface area contributed by atoms with E-state index in [-0.39, 0.29) is 11.7 Å². The highest BCUT2D eigenvalue weighted by atomic mass is 19.1. The Morgan fingerprint density at radius 1 is 1.53 bits per heavy atom. The molecule has 1 aromatic carbocycles. The van der Waals surface area contributed by atoms with E-state index in [9.17, 15) is 9.18 Å². The maximum absolute atomic E-state index is 13.6. The summed E-state index contributed by atoms with van der Waals surface area (Å²) in [7, 11) is 0. The number of nitrogens with two attached hydrogens (primary N) is 1. The first-order chi connectivity index (χ1) is 7.03. The third kappa shape index (κ3) is 1.85. The average molecular weight is 208 g/mol. The van der Waals surface area contributed by atoms with Crippen LogP contribution in [0.15, 0.2) is 18.2 Å². The molecular formula is C11H13FN2O. The molecule has 80 valence electrons. The summed E-state index contributed by atoms with van der Waals surface area (Å²) >= 11 is 0. The van der Waals surface area contributed by atoms with Crippen LogP contribution in [-0.4, -0.2) is 5.91 Å². The summed E-state index contributed by atoms with van der Waals surface area (Å²) in [6, 6.07) is 4.61. The lowest BCUT2D eigenvalue weighted by Gasteiger charge is -2.16. The second-order valence-corrected chi connectivity index (χ2v) is 4.00. The van der Waals surface area contributed by atoms with E-state index >= 15 is 0 Å². The van der Waals surface area contributed by atoms with Gasteiger partial charge in [-0.2, -0.15) is 0 Å². The molecule has 0 spiro atoms. The molecule has 0 saturated heterocycles. The number of hydrogen-bond donors (Lipinski definition) is 2. The van der Waals surface area contributed by atoms with Gasteiger partial charge in [-0.15, -0.1) is 0 Å². The number of rotatable bonds is 2. The molecule has 1 saturated carbocycles. The number of hydrogen-bond acceptors (Lipinski definition) is 2. The van der Waals surface area contributed by atoms with Crippen molar-refractivity contribution in [3.63, 3.8) is 0 Å². The van der Waals surface area contributed by atoms with Crippen molar-refractivity contribution in [1.82, 2.24) is 0 Å². The molecule has 1 aliphatic rings. The van der Waals surface area contributed by atoms with Gasteiger partial charge in [-0.3, -0.25) is 4.79 Å². The van der Waals surface area contributed by atoms with Crippen molar-refractivity contribution < 1.29 is 9.18 Å². The molecule has 15 heavy (non-hydrogen) atoms. The molecule has 0 aromatic heterocycles. The van der Waals surface area contributed by atoms with Crippen LogP contribution in [-0.2, 0) is 10.3 Å². The molecule has 3 nitrogen and oxygen atoms in total. The first kappa shape index (κ1) is 10.1. The number of anilines is 1. The summed E-state index contributed by atoms with van der Waals surface area (Å²) in [5, 5.41) is 2.60. The van der Waals surface area contributed by atoms with Crippen LogP contribution < -0.4 is 11.1 Å². The minimum absolute atomic E-state index is 0.217. The summed E-state index contributed by atoms with van der Waals surface area (Å²) in [6.45, 7) is 1.39. The summed E-state index contributed by atoms with van der Waals surface area (Å²) in [4.78, 5) is 10.9. The van der Waals surface area contributed by atoms with E-state index in [2.05, 4.69) is 5.32 Å². The van der Waals surface area contributed by atoms with Gasteiger partial charge >= 0.3 is 0 Å². The van der Waals surface area contributed by atoms with E-state index < -0.39 is 5.54 Å². The van der Waals surface area contributed by atoms with Crippen LogP contribution in [0.2, 0.25) is 0 Å². The van der Waals surface area contributed by atoms with Crippen molar-refractivity contribution in [2.24, 2.45) is 5.73 Å². The molecule has 1 fully saturated rings. The van der Waals surface area contributed by atoms with Crippen LogP contribution in [0.5, 0.6) is 0 Å². The maximum Gasteiger partial charge on any atom is 0.221 e. The maximum atomic E-state index is 13.6. The fourth-order valence-electron chi connectivity index (χ4n) is 1.71. The Morgan fingerprint density at radius 2 is 2.20 bits per heavy atom. The molecule has 0 atom stereocenters. The Kier molecular flexibility index (Phi) is 2.23. The van der Waals surface area contributed by atoms with E-state index in [4.69, 9.17) is 5.73 Å². The fraction of sp³-hybridized carbons (Fsp3) is 0.364. The molecule has 0 unspecified atom stereocenters. The lowest BCUT2D eigenvalue weighted by atomic mass is 10.0. The Morgan fingerprint density at radius 3 is 2.73 bits per heavy atom. The van der Waals surface area contributed by atoms with Gasteiger partial charge in [0.2, 0.25) is 5.91 Å². The molecule has 2 rings (SSSR count). The van der Waals surface area contributed by atoms with Gasteiger partial charge in [0.1, 0.15) is 5.82 Å². The van der Waals surface area contributed by atoms with Gasteiger partial charge in [-0.25, -0.2) is 4.39 Å². The van der Waals surface area contributed by atoms with E-state index in [0.717, 1.165) is 12.8 Å². The van der Waals surface area contributed by atoms with E-state index in [1.54, 1.807) is 12.1 Å². The van der Waals surface area contributed by atoms with Crippen molar-refractivity contribution in [1.29, 1.82) is 0 Å². The highest BCUT2D eigenvalue weighted by Gasteiger charge is 2.43. The first-order valence-corrected chi connectivity index (χ1v) is 4.88. The Balaban J connectivity index is 2.44. The van der Waals surface area contributed by atoms with Gasteiger partial charge in [-0.05, 0) is 25.0 Å². The Bertz CT molecular complexity index is 413. The molecule has 4 heteroatoms. The zero-order valence-corrected chi connectivity index (χ0v) is 8.51. The topological polar surface area (TPSA) is 55.1 Å². The van der Waals surface area contributed by atoms with Crippen molar-refractivity contribution in [2.75, 3.05) is 5.32 Å². The largest absolute Gasteiger partial charge is 0.326 e. The second-order valence-electron chi connectivity index (χ2n) is 4.00. The lowest BCUT2D eigenvalue weighted by molar-refractivity contribution is -0.114.